The van der Waals surface area contributed by atoms with Crippen LogP contribution < -0.4 is 5.32 Å². The van der Waals surface area contributed by atoms with Gasteiger partial charge < -0.3 is 10.1 Å². The van der Waals surface area contributed by atoms with Crippen molar-refractivity contribution in [1.29, 1.82) is 0 Å². The number of methoxy groups -OCH3 is 1. The standard InChI is InChI=1S/C13H27NO2/c1-9(2)7-8-10(3)14-12(5)11(4)13(15)16-6/h9-12,14H,7-8H2,1-6H3. The van der Waals surface area contributed by atoms with Crippen LogP contribution in [0.4, 0.5) is 0 Å². The normalized spacial score (nSPS) is 16.9. The molecule has 3 heteroatoms. The third kappa shape index (κ3) is 6.11. The van der Waals surface area contributed by atoms with Gasteiger partial charge >= 0.3 is 5.97 Å². The van der Waals surface area contributed by atoms with E-state index >= 15 is 0 Å². The second-order valence-corrected chi connectivity index (χ2v) is 5.14. The second kappa shape index (κ2) is 7.66. The molecule has 0 saturated carbocycles. The number of hydrogen-bond donors (Lipinski definition) is 1. The summed E-state index contributed by atoms with van der Waals surface area (Å²) in [5.74, 6) is 0.500. The zero-order chi connectivity index (χ0) is 12.7. The summed E-state index contributed by atoms with van der Waals surface area (Å²) >= 11 is 0. The molecule has 0 aliphatic rings. The summed E-state index contributed by atoms with van der Waals surface area (Å²) < 4.78 is 4.73. The van der Waals surface area contributed by atoms with Crippen LogP contribution >= 0.6 is 0 Å². The van der Waals surface area contributed by atoms with Crippen LogP contribution in [0.3, 0.4) is 0 Å². The van der Waals surface area contributed by atoms with Gasteiger partial charge in [-0.05, 0) is 32.6 Å². The van der Waals surface area contributed by atoms with Crippen LogP contribution in [0.2, 0.25) is 0 Å². The molecule has 0 aromatic heterocycles. The Hall–Kier alpha value is -0.570. The van der Waals surface area contributed by atoms with Gasteiger partial charge in [-0.15, -0.1) is 0 Å². The molecule has 0 bridgehead atoms. The summed E-state index contributed by atoms with van der Waals surface area (Å²) in [5, 5.41) is 3.45. The van der Waals surface area contributed by atoms with Gasteiger partial charge in [0.15, 0.2) is 0 Å². The van der Waals surface area contributed by atoms with E-state index in [1.165, 1.54) is 13.5 Å². The maximum Gasteiger partial charge on any atom is 0.309 e. The van der Waals surface area contributed by atoms with E-state index in [0.29, 0.717) is 6.04 Å². The van der Waals surface area contributed by atoms with Crippen LogP contribution in [0.1, 0.15) is 47.5 Å². The number of ether oxygens (including phenoxy) is 1. The van der Waals surface area contributed by atoms with Gasteiger partial charge in [0.05, 0.1) is 13.0 Å². The summed E-state index contributed by atoms with van der Waals surface area (Å²) in [7, 11) is 1.44. The molecule has 0 rings (SSSR count). The van der Waals surface area contributed by atoms with Gasteiger partial charge in [0.2, 0.25) is 0 Å². The number of carbonyl (C=O) groups is 1. The largest absolute Gasteiger partial charge is 0.469 e. The van der Waals surface area contributed by atoms with Crippen molar-refractivity contribution in [3.05, 3.63) is 0 Å². The maximum absolute atomic E-state index is 11.3. The summed E-state index contributed by atoms with van der Waals surface area (Å²) in [4.78, 5) is 11.3. The predicted octanol–water partition coefficient (Wildman–Crippen LogP) is 2.60. The number of rotatable bonds is 7. The third-order valence-electron chi connectivity index (χ3n) is 3.05. The predicted molar refractivity (Wildman–Crippen MR) is 67.3 cm³/mol. The van der Waals surface area contributed by atoms with Gasteiger partial charge in [-0.25, -0.2) is 0 Å². The molecule has 0 saturated heterocycles. The minimum atomic E-state index is -0.143. The monoisotopic (exact) mass is 229 g/mol. The Morgan fingerprint density at radius 3 is 2.12 bits per heavy atom. The first-order chi connectivity index (χ1) is 7.38. The summed E-state index contributed by atoms with van der Waals surface area (Å²) in [5.41, 5.74) is 0. The van der Waals surface area contributed by atoms with Crippen LogP contribution in [0.5, 0.6) is 0 Å². The molecule has 3 unspecified atom stereocenters. The Labute approximate surface area is 99.9 Å². The lowest BCUT2D eigenvalue weighted by Gasteiger charge is -2.24. The lowest BCUT2D eigenvalue weighted by molar-refractivity contribution is -0.145. The SMILES string of the molecule is COC(=O)C(C)C(C)NC(C)CCC(C)C. The average molecular weight is 229 g/mol. The molecule has 3 atom stereocenters. The van der Waals surface area contributed by atoms with Crippen LogP contribution in [0.25, 0.3) is 0 Å². The zero-order valence-corrected chi connectivity index (χ0v) is 11.5. The Bertz CT molecular complexity index is 204. The highest BCUT2D eigenvalue weighted by Crippen LogP contribution is 2.10. The molecule has 0 fully saturated rings. The van der Waals surface area contributed by atoms with Crippen molar-refractivity contribution in [2.24, 2.45) is 11.8 Å². The maximum atomic E-state index is 11.3. The van der Waals surface area contributed by atoms with E-state index in [2.05, 4.69) is 26.1 Å². The highest BCUT2D eigenvalue weighted by atomic mass is 16.5. The Kier molecular flexibility index (Phi) is 7.39. The van der Waals surface area contributed by atoms with Crippen molar-refractivity contribution in [1.82, 2.24) is 5.32 Å². The summed E-state index contributed by atoms with van der Waals surface area (Å²) in [6, 6.07) is 0.610. The Morgan fingerprint density at radius 1 is 1.12 bits per heavy atom. The van der Waals surface area contributed by atoms with Gasteiger partial charge in [-0.1, -0.05) is 20.8 Å². The fourth-order valence-corrected chi connectivity index (χ4v) is 1.65. The summed E-state index contributed by atoms with van der Waals surface area (Å²) in [6.45, 7) is 10.6. The van der Waals surface area contributed by atoms with E-state index in [0.717, 1.165) is 12.3 Å². The van der Waals surface area contributed by atoms with Gasteiger partial charge in [-0.3, -0.25) is 4.79 Å². The number of hydrogen-bond acceptors (Lipinski definition) is 3. The van der Waals surface area contributed by atoms with Crippen LogP contribution in [-0.2, 0) is 9.53 Å². The Morgan fingerprint density at radius 2 is 1.69 bits per heavy atom. The molecule has 0 spiro atoms. The van der Waals surface area contributed by atoms with E-state index in [4.69, 9.17) is 4.74 Å². The van der Waals surface area contributed by atoms with Crippen LogP contribution in [0.15, 0.2) is 0 Å². The smallest absolute Gasteiger partial charge is 0.309 e. The molecule has 0 radical (unpaired) electrons. The molecule has 0 aromatic rings. The lowest BCUT2D eigenvalue weighted by Crippen LogP contribution is -2.41. The van der Waals surface area contributed by atoms with Crippen molar-refractivity contribution in [2.45, 2.75) is 59.5 Å². The van der Waals surface area contributed by atoms with Gasteiger partial charge in [0.25, 0.3) is 0 Å². The van der Waals surface area contributed by atoms with Crippen molar-refractivity contribution in [3.63, 3.8) is 0 Å². The zero-order valence-electron chi connectivity index (χ0n) is 11.5. The van der Waals surface area contributed by atoms with Crippen molar-refractivity contribution < 1.29 is 9.53 Å². The topological polar surface area (TPSA) is 38.3 Å². The molecule has 0 aliphatic heterocycles. The molecule has 16 heavy (non-hydrogen) atoms. The first-order valence-corrected chi connectivity index (χ1v) is 6.22. The number of carbonyl (C=O) groups excluding carboxylic acids is 1. The first-order valence-electron chi connectivity index (χ1n) is 6.22. The molecular formula is C13H27NO2. The van der Waals surface area contributed by atoms with Gasteiger partial charge in [0.1, 0.15) is 0 Å². The van der Waals surface area contributed by atoms with Crippen molar-refractivity contribution in [2.75, 3.05) is 7.11 Å². The lowest BCUT2D eigenvalue weighted by atomic mass is 10.0. The van der Waals surface area contributed by atoms with E-state index in [1.807, 2.05) is 13.8 Å². The van der Waals surface area contributed by atoms with Gasteiger partial charge in [-0.2, -0.15) is 0 Å². The fraction of sp³-hybridized carbons (Fsp3) is 0.923. The third-order valence-corrected chi connectivity index (χ3v) is 3.05. The van der Waals surface area contributed by atoms with E-state index in [-0.39, 0.29) is 17.9 Å². The highest BCUT2D eigenvalue weighted by molar-refractivity contribution is 5.72. The highest BCUT2D eigenvalue weighted by Gasteiger charge is 2.21. The summed E-state index contributed by atoms with van der Waals surface area (Å²) in [6.07, 6.45) is 2.36. The fourth-order valence-electron chi connectivity index (χ4n) is 1.65. The molecule has 1 N–H and O–H groups in total. The molecule has 0 aromatic carbocycles. The molecule has 96 valence electrons. The molecule has 0 aliphatic carbocycles. The minimum Gasteiger partial charge on any atom is -0.469 e. The molecule has 0 heterocycles. The van der Waals surface area contributed by atoms with E-state index in [1.54, 1.807) is 0 Å². The van der Waals surface area contributed by atoms with Crippen molar-refractivity contribution in [3.8, 4) is 0 Å². The van der Waals surface area contributed by atoms with Crippen molar-refractivity contribution >= 4 is 5.97 Å². The van der Waals surface area contributed by atoms with Crippen LogP contribution in [0, 0.1) is 11.8 Å². The molecule has 3 nitrogen and oxygen atoms in total. The van der Waals surface area contributed by atoms with E-state index in [9.17, 15) is 4.79 Å². The quantitative estimate of drug-likeness (QED) is 0.682. The second-order valence-electron chi connectivity index (χ2n) is 5.14. The average Bonchev–Trinajstić information content (AvgIpc) is 2.24. The van der Waals surface area contributed by atoms with Gasteiger partial charge in [0, 0.05) is 12.1 Å². The molecular weight excluding hydrogens is 202 g/mol. The Balaban J connectivity index is 3.93. The minimum absolute atomic E-state index is 0.0912. The molecule has 0 amide bonds. The van der Waals surface area contributed by atoms with E-state index < -0.39 is 0 Å². The van der Waals surface area contributed by atoms with Crippen LogP contribution in [-0.4, -0.2) is 25.2 Å². The first kappa shape index (κ1) is 15.4. The number of nitrogens with one attached hydrogen (secondary N) is 1. The number of esters is 1.